The quantitative estimate of drug-likeness (QED) is 0.228. The van der Waals surface area contributed by atoms with Gasteiger partial charge in [0.25, 0.3) is 5.91 Å². The molecule has 8 nitrogen and oxygen atoms in total. The van der Waals surface area contributed by atoms with Crippen LogP contribution in [0.25, 0.3) is 10.8 Å². The number of hydrogen-bond acceptors (Lipinski definition) is 5. The molecule has 234 valence electrons. The molecule has 3 heterocycles. The number of amides is 3. The number of aliphatic hydroxyl groups is 1. The first kappa shape index (κ1) is 30.7. The van der Waals surface area contributed by atoms with Crippen LogP contribution in [0.3, 0.4) is 0 Å². The summed E-state index contributed by atoms with van der Waals surface area (Å²) >= 11 is 0. The normalized spacial score (nSPS) is 26.6. The van der Waals surface area contributed by atoms with Crippen molar-refractivity contribution in [3.63, 3.8) is 0 Å². The number of aliphatic hydroxyl groups excluding tert-OH is 1. The second kappa shape index (κ2) is 12.3. The Bertz CT molecular complexity index is 1620. The molecule has 1 N–H and O–H groups in total. The molecule has 3 amide bonds. The number of rotatable bonds is 12. The maximum atomic E-state index is 14.9. The third kappa shape index (κ3) is 5.06. The summed E-state index contributed by atoms with van der Waals surface area (Å²) in [4.78, 5) is 48.9. The fourth-order valence-corrected chi connectivity index (χ4v) is 7.89. The van der Waals surface area contributed by atoms with Crippen molar-refractivity contribution in [2.75, 3.05) is 36.0 Å². The average Bonchev–Trinajstić information content (AvgIpc) is 3.62. The van der Waals surface area contributed by atoms with E-state index in [0.717, 1.165) is 10.8 Å². The van der Waals surface area contributed by atoms with Gasteiger partial charge in [-0.25, -0.2) is 0 Å². The lowest BCUT2D eigenvalue weighted by Gasteiger charge is -2.37. The van der Waals surface area contributed by atoms with E-state index in [4.69, 9.17) is 4.74 Å². The van der Waals surface area contributed by atoms with Gasteiger partial charge in [-0.2, -0.15) is 0 Å². The molecule has 1 spiro atoms. The highest BCUT2D eigenvalue weighted by Gasteiger charge is 2.78. The van der Waals surface area contributed by atoms with Crippen molar-refractivity contribution in [2.45, 2.75) is 49.9 Å². The summed E-state index contributed by atoms with van der Waals surface area (Å²) in [5, 5.41) is 11.6. The molecule has 6 rings (SSSR count). The van der Waals surface area contributed by atoms with Gasteiger partial charge in [0.1, 0.15) is 11.6 Å². The van der Waals surface area contributed by atoms with Crippen LogP contribution >= 0.6 is 0 Å². The molecule has 45 heavy (non-hydrogen) atoms. The largest absolute Gasteiger partial charge is 0.396 e. The highest BCUT2D eigenvalue weighted by atomic mass is 16.5. The molecule has 0 aliphatic carbocycles. The lowest BCUT2D eigenvalue weighted by Crippen LogP contribution is -2.56. The van der Waals surface area contributed by atoms with Gasteiger partial charge in [0.2, 0.25) is 11.8 Å². The van der Waals surface area contributed by atoms with Crippen LogP contribution in [0.15, 0.2) is 98.1 Å². The summed E-state index contributed by atoms with van der Waals surface area (Å²) in [7, 11) is 0. The Hall–Kier alpha value is -4.27. The number of carbonyl (C=O) groups is 3. The number of likely N-dealkylation sites (tertiary alicyclic amines) is 1. The first-order valence-corrected chi connectivity index (χ1v) is 15.8. The minimum Gasteiger partial charge on any atom is -0.396 e. The number of carbonyl (C=O) groups excluding carboxylic acids is 3. The molecule has 0 saturated carbocycles. The molecule has 2 unspecified atom stereocenters. The van der Waals surface area contributed by atoms with Gasteiger partial charge in [-0.1, -0.05) is 60.7 Å². The molecule has 0 radical (unpaired) electrons. The maximum Gasteiger partial charge on any atom is 0.253 e. The first-order valence-electron chi connectivity index (χ1n) is 15.8. The highest BCUT2D eigenvalue weighted by Crippen LogP contribution is 2.63. The van der Waals surface area contributed by atoms with Gasteiger partial charge in [-0.05, 0) is 67.6 Å². The number of benzene rings is 3. The summed E-state index contributed by atoms with van der Waals surface area (Å²) in [5.41, 5.74) is -0.647. The van der Waals surface area contributed by atoms with Gasteiger partial charge in [0, 0.05) is 37.6 Å². The molecule has 8 heteroatoms. The van der Waals surface area contributed by atoms with Gasteiger partial charge >= 0.3 is 0 Å². The summed E-state index contributed by atoms with van der Waals surface area (Å²) in [6.45, 7) is 10.5. The van der Waals surface area contributed by atoms with Crippen LogP contribution in [0.4, 0.5) is 11.4 Å². The van der Waals surface area contributed by atoms with Gasteiger partial charge in [-0.3, -0.25) is 14.4 Å². The van der Waals surface area contributed by atoms with Crippen LogP contribution in [-0.4, -0.2) is 71.2 Å². The fourth-order valence-electron chi connectivity index (χ4n) is 7.89. The molecule has 5 atom stereocenters. The average molecular weight is 608 g/mol. The molecule has 3 aromatic carbocycles. The summed E-state index contributed by atoms with van der Waals surface area (Å²) < 4.78 is 6.89. The van der Waals surface area contributed by atoms with E-state index in [1.807, 2.05) is 79.7 Å². The number of fused-ring (bicyclic) bond motifs is 2. The summed E-state index contributed by atoms with van der Waals surface area (Å²) in [5.74, 6) is -2.29. The lowest BCUT2D eigenvalue weighted by atomic mass is 9.66. The predicted molar refractivity (Wildman–Crippen MR) is 176 cm³/mol. The molecule has 0 aromatic heterocycles. The van der Waals surface area contributed by atoms with Crippen molar-refractivity contribution in [3.8, 4) is 0 Å². The van der Waals surface area contributed by atoms with Crippen molar-refractivity contribution in [1.82, 2.24) is 4.90 Å². The highest BCUT2D eigenvalue weighted by molar-refractivity contribution is 6.07. The maximum absolute atomic E-state index is 14.9. The molecule has 3 aliphatic heterocycles. The van der Waals surface area contributed by atoms with Crippen LogP contribution in [0.5, 0.6) is 0 Å². The van der Waals surface area contributed by atoms with Crippen molar-refractivity contribution in [1.29, 1.82) is 0 Å². The van der Waals surface area contributed by atoms with Crippen molar-refractivity contribution < 1.29 is 24.2 Å². The van der Waals surface area contributed by atoms with Crippen molar-refractivity contribution in [2.24, 2.45) is 11.8 Å². The summed E-state index contributed by atoms with van der Waals surface area (Å²) in [6.07, 6.45) is 5.42. The second-order valence-electron chi connectivity index (χ2n) is 12.5. The van der Waals surface area contributed by atoms with E-state index >= 15 is 0 Å². The lowest BCUT2D eigenvalue weighted by molar-refractivity contribution is -0.144. The monoisotopic (exact) mass is 607 g/mol. The SMILES string of the molecule is C=CCN(C(=O)C1N(CCCCO)C(=O)[C@@H]2[C@H](C(=O)N(CC=C)c3ccccc3)[C@]3(C)CCC12O3)c1ccc2ccccc2c1. The third-order valence-corrected chi connectivity index (χ3v) is 9.85. The first-order chi connectivity index (χ1) is 21.8. The number of nitrogens with zero attached hydrogens (tertiary/aromatic N) is 3. The molecule has 3 aromatic rings. The Morgan fingerprint density at radius 3 is 2.27 bits per heavy atom. The van der Waals surface area contributed by atoms with Gasteiger partial charge in [0.05, 0.1) is 17.4 Å². The molecular formula is C37H41N3O5. The van der Waals surface area contributed by atoms with E-state index in [-0.39, 0.29) is 44.0 Å². The fraction of sp³-hybridized carbons (Fsp3) is 0.378. The molecule has 2 bridgehead atoms. The summed E-state index contributed by atoms with van der Waals surface area (Å²) in [6, 6.07) is 22.3. The van der Waals surface area contributed by atoms with Gasteiger partial charge in [-0.15, -0.1) is 13.2 Å². The van der Waals surface area contributed by atoms with E-state index in [2.05, 4.69) is 13.2 Å². The Morgan fingerprint density at radius 1 is 0.911 bits per heavy atom. The zero-order valence-corrected chi connectivity index (χ0v) is 25.8. The Kier molecular flexibility index (Phi) is 8.37. The zero-order valence-electron chi connectivity index (χ0n) is 25.8. The molecule has 3 saturated heterocycles. The van der Waals surface area contributed by atoms with Gasteiger partial charge in [0.15, 0.2) is 0 Å². The molecular weight excluding hydrogens is 566 g/mol. The topological polar surface area (TPSA) is 90.4 Å². The number of hydrogen-bond donors (Lipinski definition) is 1. The molecule has 3 fully saturated rings. The zero-order chi connectivity index (χ0) is 31.8. The Balaban J connectivity index is 1.42. The van der Waals surface area contributed by atoms with E-state index in [1.165, 1.54) is 0 Å². The van der Waals surface area contributed by atoms with Crippen LogP contribution in [0.2, 0.25) is 0 Å². The van der Waals surface area contributed by atoms with E-state index in [9.17, 15) is 19.5 Å². The number of para-hydroxylation sites is 1. The Labute approximate surface area is 264 Å². The van der Waals surface area contributed by atoms with E-state index in [1.54, 1.807) is 26.9 Å². The number of anilines is 2. The van der Waals surface area contributed by atoms with Crippen molar-refractivity contribution in [3.05, 3.63) is 98.1 Å². The number of unbranched alkanes of at least 4 members (excludes halogenated alkanes) is 1. The third-order valence-electron chi connectivity index (χ3n) is 9.85. The second-order valence-corrected chi connectivity index (χ2v) is 12.5. The van der Waals surface area contributed by atoms with Crippen LogP contribution in [-0.2, 0) is 19.1 Å². The van der Waals surface area contributed by atoms with E-state index < -0.39 is 29.1 Å². The predicted octanol–water partition coefficient (Wildman–Crippen LogP) is 5.12. The van der Waals surface area contributed by atoms with Gasteiger partial charge < -0.3 is 24.5 Å². The van der Waals surface area contributed by atoms with Crippen LogP contribution in [0, 0.1) is 11.8 Å². The van der Waals surface area contributed by atoms with E-state index in [0.29, 0.717) is 37.1 Å². The minimum absolute atomic E-state index is 0.0157. The molecule has 3 aliphatic rings. The van der Waals surface area contributed by atoms with Crippen LogP contribution in [0.1, 0.15) is 32.6 Å². The number of ether oxygens (including phenoxy) is 1. The standard InChI is InChI=1S/C37H41N3O5/c1-4-21-38(28-15-7-6-8-16-28)33(42)30-31-34(43)40(23-11-12-24-41)32(37(31)20-19-36(30,3)45-37)35(44)39(22-5-2)29-18-17-26-13-9-10-14-27(26)25-29/h4-10,13-18,25,30-32,41H,1-2,11-12,19-24H2,3H3/t30-,31+,32?,36+,37?/m1/s1. The smallest absolute Gasteiger partial charge is 0.253 e. The van der Waals surface area contributed by atoms with Crippen molar-refractivity contribution >= 4 is 39.9 Å². The Morgan fingerprint density at radius 2 is 1.58 bits per heavy atom. The minimum atomic E-state index is -1.16. The van der Waals surface area contributed by atoms with Crippen LogP contribution < -0.4 is 9.80 Å².